The van der Waals surface area contributed by atoms with Crippen molar-refractivity contribution in [3.05, 3.63) is 45.9 Å². The van der Waals surface area contributed by atoms with Gasteiger partial charge in [-0.3, -0.25) is 4.79 Å². The number of anilines is 1. The van der Waals surface area contributed by atoms with E-state index in [9.17, 15) is 9.90 Å². The van der Waals surface area contributed by atoms with Gasteiger partial charge in [0.1, 0.15) is 17.5 Å². The van der Waals surface area contributed by atoms with Crippen molar-refractivity contribution in [2.75, 3.05) is 5.32 Å². The van der Waals surface area contributed by atoms with E-state index < -0.39 is 12.0 Å². The molecule has 134 valence electrons. The van der Waals surface area contributed by atoms with Gasteiger partial charge in [0.25, 0.3) is 0 Å². The molecule has 3 N–H and O–H groups in total. The average molecular weight is 384 g/mol. The van der Waals surface area contributed by atoms with Crippen molar-refractivity contribution in [3.63, 3.8) is 0 Å². The lowest BCUT2D eigenvalue weighted by Crippen LogP contribution is -2.25. The van der Waals surface area contributed by atoms with E-state index in [2.05, 4.69) is 5.32 Å². The molecule has 0 saturated carbocycles. The van der Waals surface area contributed by atoms with Crippen molar-refractivity contribution in [2.45, 2.75) is 32.7 Å². The average Bonchev–Trinajstić information content (AvgIpc) is 2.52. The van der Waals surface area contributed by atoms with Crippen LogP contribution in [0.4, 0.5) is 5.69 Å². The second-order valence-corrected chi connectivity index (χ2v) is 6.77. The molecule has 0 bridgehead atoms. The van der Waals surface area contributed by atoms with Crippen molar-refractivity contribution < 1.29 is 19.7 Å². The molecule has 2 rings (SSSR count). The number of aromatic hydroxyl groups is 1. The van der Waals surface area contributed by atoms with Gasteiger partial charge in [0.05, 0.1) is 10.0 Å². The molecule has 0 heterocycles. The van der Waals surface area contributed by atoms with Gasteiger partial charge in [-0.05, 0) is 43.2 Å². The molecule has 1 atom stereocenters. The maximum absolute atomic E-state index is 10.9. The summed E-state index contributed by atoms with van der Waals surface area (Å²) in [4.78, 5) is 10.9. The second-order valence-electron chi connectivity index (χ2n) is 5.95. The zero-order chi connectivity index (χ0) is 18.7. The summed E-state index contributed by atoms with van der Waals surface area (Å²) in [7, 11) is 0. The number of halogens is 2. The molecule has 2 aromatic carbocycles. The smallest absolute Gasteiger partial charge is 0.325 e. The Hall–Kier alpha value is -2.11. The van der Waals surface area contributed by atoms with Crippen molar-refractivity contribution in [2.24, 2.45) is 0 Å². The predicted molar refractivity (Wildman–Crippen MR) is 99.5 cm³/mol. The highest BCUT2D eigenvalue weighted by Gasteiger charge is 2.16. The number of rotatable bonds is 6. The van der Waals surface area contributed by atoms with Gasteiger partial charge in [-0.1, -0.05) is 37.0 Å². The zero-order valence-electron chi connectivity index (χ0n) is 14.0. The highest BCUT2D eigenvalue weighted by atomic mass is 35.5. The van der Waals surface area contributed by atoms with Crippen molar-refractivity contribution in [3.8, 4) is 17.2 Å². The van der Waals surface area contributed by atoms with Gasteiger partial charge in [0, 0.05) is 11.3 Å². The summed E-state index contributed by atoms with van der Waals surface area (Å²) < 4.78 is 5.77. The number of aliphatic carboxylic acids is 1. The number of carbonyl (C=O) groups is 1. The molecule has 7 heteroatoms. The third kappa shape index (κ3) is 4.71. The molecule has 0 amide bonds. The lowest BCUT2D eigenvalue weighted by atomic mass is 10.0. The van der Waals surface area contributed by atoms with E-state index in [0.717, 1.165) is 5.56 Å². The van der Waals surface area contributed by atoms with Gasteiger partial charge in [-0.2, -0.15) is 0 Å². The molecule has 0 aliphatic carbocycles. The predicted octanol–water partition coefficient (Wildman–Crippen LogP) is 5.50. The highest BCUT2D eigenvalue weighted by molar-refractivity contribution is 6.37. The van der Waals surface area contributed by atoms with E-state index in [1.54, 1.807) is 30.3 Å². The van der Waals surface area contributed by atoms with Crippen molar-refractivity contribution in [1.29, 1.82) is 0 Å². The molecule has 0 fully saturated rings. The number of phenols is 1. The number of carboxylic acid groups (broad SMARTS) is 1. The molecule has 1 unspecified atom stereocenters. The summed E-state index contributed by atoms with van der Waals surface area (Å²) in [5.74, 6) is 0.0837. The van der Waals surface area contributed by atoms with Crippen LogP contribution in [0.25, 0.3) is 0 Å². The first kappa shape index (κ1) is 19.2. The van der Waals surface area contributed by atoms with Crippen LogP contribution in [0.5, 0.6) is 17.2 Å². The highest BCUT2D eigenvalue weighted by Crippen LogP contribution is 2.40. The molecule has 0 aromatic heterocycles. The van der Waals surface area contributed by atoms with Crippen LogP contribution < -0.4 is 10.1 Å². The van der Waals surface area contributed by atoms with E-state index >= 15 is 0 Å². The Morgan fingerprint density at radius 1 is 1.12 bits per heavy atom. The molecule has 0 aliphatic rings. The van der Waals surface area contributed by atoms with Gasteiger partial charge in [-0.25, -0.2) is 0 Å². The molecule has 0 saturated heterocycles. The minimum absolute atomic E-state index is 0.124. The van der Waals surface area contributed by atoms with Crippen LogP contribution >= 0.6 is 23.2 Å². The van der Waals surface area contributed by atoms with Gasteiger partial charge in [-0.15, -0.1) is 0 Å². The number of carboxylic acids is 1. The third-order valence-electron chi connectivity index (χ3n) is 3.59. The number of phenolic OH excluding ortho intramolecular Hbond substituents is 1. The second kappa shape index (κ2) is 7.85. The Morgan fingerprint density at radius 3 is 2.24 bits per heavy atom. The maximum atomic E-state index is 10.9. The summed E-state index contributed by atoms with van der Waals surface area (Å²) in [5.41, 5.74) is 1.23. The summed E-state index contributed by atoms with van der Waals surface area (Å²) >= 11 is 12.5. The molecule has 25 heavy (non-hydrogen) atoms. The van der Waals surface area contributed by atoms with E-state index in [0.29, 0.717) is 11.4 Å². The number of hydrogen-bond donors (Lipinski definition) is 3. The monoisotopic (exact) mass is 383 g/mol. The van der Waals surface area contributed by atoms with E-state index in [1.807, 2.05) is 13.8 Å². The summed E-state index contributed by atoms with van der Waals surface area (Å²) in [6, 6.07) is 7.21. The lowest BCUT2D eigenvalue weighted by Gasteiger charge is -2.16. The topological polar surface area (TPSA) is 78.8 Å². The normalized spacial score (nSPS) is 12.1. The molecule has 0 spiro atoms. The van der Waals surface area contributed by atoms with E-state index in [-0.39, 0.29) is 27.5 Å². The Labute approximate surface area is 156 Å². The molecular formula is C18H19Cl2NO4. The molecule has 0 radical (unpaired) electrons. The van der Waals surface area contributed by atoms with Crippen LogP contribution in [0.1, 0.15) is 32.3 Å². The van der Waals surface area contributed by atoms with E-state index in [4.69, 9.17) is 33.0 Å². The summed E-state index contributed by atoms with van der Waals surface area (Å²) in [6.07, 6.45) is 0. The fraction of sp³-hybridized carbons (Fsp3) is 0.278. The number of nitrogens with one attached hydrogen (secondary N) is 1. The Kier molecular flexibility index (Phi) is 6.03. The van der Waals surface area contributed by atoms with Crippen LogP contribution in [0.2, 0.25) is 10.0 Å². The van der Waals surface area contributed by atoms with Crippen LogP contribution in [0, 0.1) is 0 Å². The van der Waals surface area contributed by atoms with Gasteiger partial charge in [0.15, 0.2) is 5.75 Å². The molecule has 0 aliphatic heterocycles. The maximum Gasteiger partial charge on any atom is 0.325 e. The first-order valence-electron chi connectivity index (χ1n) is 7.68. The van der Waals surface area contributed by atoms with E-state index in [1.165, 1.54) is 6.92 Å². The van der Waals surface area contributed by atoms with Crippen molar-refractivity contribution >= 4 is 34.9 Å². The fourth-order valence-corrected chi connectivity index (χ4v) is 2.79. The van der Waals surface area contributed by atoms with Gasteiger partial charge < -0.3 is 20.3 Å². The SMILES string of the molecule is CC(Nc1cc(Cl)c(Oc2ccc(O)c(C(C)C)c2)c(Cl)c1)C(=O)O. The number of hydrogen-bond acceptors (Lipinski definition) is 4. The first-order valence-corrected chi connectivity index (χ1v) is 8.43. The first-order chi connectivity index (χ1) is 11.7. The Balaban J connectivity index is 2.29. The quantitative estimate of drug-likeness (QED) is 0.613. The number of ether oxygens (including phenoxy) is 1. The minimum Gasteiger partial charge on any atom is -0.508 e. The summed E-state index contributed by atoms with van der Waals surface area (Å²) in [6.45, 7) is 5.43. The fourth-order valence-electron chi connectivity index (χ4n) is 2.23. The van der Waals surface area contributed by atoms with Crippen LogP contribution in [-0.2, 0) is 4.79 Å². The minimum atomic E-state index is -0.988. The summed E-state index contributed by atoms with van der Waals surface area (Å²) in [5, 5.41) is 22.1. The zero-order valence-corrected chi connectivity index (χ0v) is 15.5. The molecule has 5 nitrogen and oxygen atoms in total. The molecule has 2 aromatic rings. The van der Waals surface area contributed by atoms with Crippen molar-refractivity contribution in [1.82, 2.24) is 0 Å². The Bertz CT molecular complexity index is 770. The van der Waals surface area contributed by atoms with Crippen LogP contribution in [-0.4, -0.2) is 22.2 Å². The lowest BCUT2D eigenvalue weighted by molar-refractivity contribution is -0.137. The number of benzene rings is 2. The molecular weight excluding hydrogens is 365 g/mol. The Morgan fingerprint density at radius 2 is 1.72 bits per heavy atom. The third-order valence-corrected chi connectivity index (χ3v) is 4.15. The largest absolute Gasteiger partial charge is 0.508 e. The van der Waals surface area contributed by atoms with Crippen LogP contribution in [0.3, 0.4) is 0 Å². The standard InChI is InChI=1S/C18H19Cl2NO4/c1-9(2)13-8-12(4-5-16(13)22)25-17-14(19)6-11(7-15(17)20)21-10(3)18(23)24/h4-10,21-22H,1-3H3,(H,23,24). The van der Waals surface area contributed by atoms with Gasteiger partial charge in [0.2, 0.25) is 0 Å². The van der Waals surface area contributed by atoms with Crippen LogP contribution in [0.15, 0.2) is 30.3 Å². The van der Waals surface area contributed by atoms with Gasteiger partial charge >= 0.3 is 5.97 Å².